The predicted molar refractivity (Wildman–Crippen MR) is 134 cm³/mol. The second-order valence-corrected chi connectivity index (χ2v) is 12.3. The van der Waals surface area contributed by atoms with Gasteiger partial charge in [0.15, 0.2) is 0 Å². The highest BCUT2D eigenvalue weighted by Crippen LogP contribution is 2.65. The van der Waals surface area contributed by atoms with Crippen molar-refractivity contribution in [3.63, 3.8) is 0 Å². The van der Waals surface area contributed by atoms with Crippen molar-refractivity contribution in [1.29, 1.82) is 0 Å². The lowest BCUT2D eigenvalue weighted by molar-refractivity contribution is -0.139. The molecule has 0 aliphatic heterocycles. The van der Waals surface area contributed by atoms with Gasteiger partial charge in [0.25, 0.3) is 0 Å². The maximum atomic E-state index is 12.7. The summed E-state index contributed by atoms with van der Waals surface area (Å²) in [4.78, 5) is 12.7. The SMILES string of the molecule is CC.CC(C)CCCCC1CC=C2C3=C(CCC21C)C1(C)CCC(=O)C(C)(C)C1CC3. The van der Waals surface area contributed by atoms with Crippen molar-refractivity contribution < 1.29 is 4.79 Å². The van der Waals surface area contributed by atoms with Gasteiger partial charge in [-0.1, -0.05) is 86.3 Å². The van der Waals surface area contributed by atoms with Crippen LogP contribution in [0.25, 0.3) is 0 Å². The molecular formula is C30H50O. The Balaban J connectivity index is 0.00000132. The number of Topliss-reactive ketones (excluding diaryl/α,β-unsaturated/α-hetero) is 1. The summed E-state index contributed by atoms with van der Waals surface area (Å²) in [7, 11) is 0. The van der Waals surface area contributed by atoms with Crippen LogP contribution in [0.15, 0.2) is 22.8 Å². The summed E-state index contributed by atoms with van der Waals surface area (Å²) in [5, 5.41) is 0. The topological polar surface area (TPSA) is 17.1 Å². The van der Waals surface area contributed by atoms with Crippen molar-refractivity contribution in [3.05, 3.63) is 22.8 Å². The van der Waals surface area contributed by atoms with Crippen LogP contribution in [0, 0.1) is 34.0 Å². The van der Waals surface area contributed by atoms with Crippen molar-refractivity contribution in [2.24, 2.45) is 34.0 Å². The first-order chi connectivity index (χ1) is 14.6. The molecule has 1 nitrogen and oxygen atoms in total. The van der Waals surface area contributed by atoms with E-state index in [2.05, 4.69) is 47.6 Å². The van der Waals surface area contributed by atoms with Crippen molar-refractivity contribution in [2.75, 3.05) is 0 Å². The van der Waals surface area contributed by atoms with Crippen LogP contribution >= 0.6 is 0 Å². The number of allylic oxidation sites excluding steroid dienone is 4. The Kier molecular flexibility index (Phi) is 7.34. The summed E-state index contributed by atoms with van der Waals surface area (Å²) in [6.07, 6.45) is 16.4. The van der Waals surface area contributed by atoms with Crippen LogP contribution in [0.2, 0.25) is 0 Å². The zero-order valence-corrected chi connectivity index (χ0v) is 22.0. The average Bonchev–Trinajstić information content (AvgIpc) is 3.06. The van der Waals surface area contributed by atoms with Gasteiger partial charge in [-0.25, -0.2) is 0 Å². The van der Waals surface area contributed by atoms with E-state index in [0.717, 1.165) is 24.7 Å². The highest BCUT2D eigenvalue weighted by atomic mass is 16.1. The van der Waals surface area contributed by atoms with Crippen LogP contribution in [-0.4, -0.2) is 5.78 Å². The van der Waals surface area contributed by atoms with Gasteiger partial charge in [-0.3, -0.25) is 4.79 Å². The molecule has 0 aromatic carbocycles. The molecule has 0 radical (unpaired) electrons. The quantitative estimate of drug-likeness (QED) is 0.401. The number of fused-ring (bicyclic) bond motifs is 4. The van der Waals surface area contributed by atoms with Gasteiger partial charge in [-0.15, -0.1) is 0 Å². The van der Waals surface area contributed by atoms with Crippen LogP contribution in [0.1, 0.15) is 126 Å². The Morgan fingerprint density at radius 3 is 2.32 bits per heavy atom. The second-order valence-electron chi connectivity index (χ2n) is 12.3. The zero-order valence-electron chi connectivity index (χ0n) is 22.0. The summed E-state index contributed by atoms with van der Waals surface area (Å²) in [5.74, 6) is 2.74. The van der Waals surface area contributed by atoms with E-state index in [1.165, 1.54) is 57.8 Å². The molecule has 0 spiro atoms. The maximum absolute atomic E-state index is 12.7. The number of hydrogen-bond donors (Lipinski definition) is 0. The lowest BCUT2D eigenvalue weighted by Crippen LogP contribution is -2.51. The molecule has 0 amide bonds. The van der Waals surface area contributed by atoms with Crippen molar-refractivity contribution in [2.45, 2.75) is 126 Å². The number of rotatable bonds is 5. The maximum Gasteiger partial charge on any atom is 0.138 e. The van der Waals surface area contributed by atoms with E-state index in [0.29, 0.717) is 17.1 Å². The van der Waals surface area contributed by atoms with E-state index in [9.17, 15) is 4.79 Å². The van der Waals surface area contributed by atoms with Crippen LogP contribution in [0.3, 0.4) is 0 Å². The molecule has 4 aliphatic rings. The largest absolute Gasteiger partial charge is 0.299 e. The summed E-state index contributed by atoms with van der Waals surface area (Å²) in [5.41, 5.74) is 5.77. The standard InChI is InChI=1S/C28H44O.C2H6/c1-19(2)9-7-8-10-20-11-13-22-21-12-14-24-26(3,4)25(29)16-18-28(24,6)23(21)15-17-27(20,22)5;1-2/h13,19-20,24H,7-12,14-18H2,1-6H3;1-2H3. The van der Waals surface area contributed by atoms with Gasteiger partial charge >= 0.3 is 0 Å². The summed E-state index contributed by atoms with van der Waals surface area (Å²) in [6.45, 7) is 18.3. The highest BCUT2D eigenvalue weighted by Gasteiger charge is 2.57. The van der Waals surface area contributed by atoms with E-state index < -0.39 is 0 Å². The summed E-state index contributed by atoms with van der Waals surface area (Å²) in [6, 6.07) is 0. The predicted octanol–water partition coefficient (Wildman–Crippen LogP) is 9.08. The van der Waals surface area contributed by atoms with Crippen molar-refractivity contribution >= 4 is 5.78 Å². The van der Waals surface area contributed by atoms with Gasteiger partial charge in [-0.2, -0.15) is 0 Å². The molecule has 4 rings (SSSR count). The molecule has 176 valence electrons. The molecule has 4 atom stereocenters. The minimum Gasteiger partial charge on any atom is -0.299 e. The minimum absolute atomic E-state index is 0.144. The highest BCUT2D eigenvalue weighted by molar-refractivity contribution is 5.85. The second kappa shape index (κ2) is 9.18. The third-order valence-corrected chi connectivity index (χ3v) is 9.89. The number of unbranched alkanes of at least 4 members (excludes halogenated alkanes) is 1. The van der Waals surface area contributed by atoms with Crippen LogP contribution in [-0.2, 0) is 4.79 Å². The first kappa shape index (κ1) is 24.8. The van der Waals surface area contributed by atoms with Gasteiger partial charge in [0.1, 0.15) is 5.78 Å². The molecule has 0 aromatic rings. The van der Waals surface area contributed by atoms with Gasteiger partial charge in [0.05, 0.1) is 0 Å². The number of carbonyl (C=O) groups excluding carboxylic acids is 1. The zero-order chi connectivity index (χ0) is 23.0. The first-order valence-corrected chi connectivity index (χ1v) is 13.6. The van der Waals surface area contributed by atoms with Crippen LogP contribution in [0.4, 0.5) is 0 Å². The fraction of sp³-hybridized carbons (Fsp3) is 0.833. The van der Waals surface area contributed by atoms with Crippen molar-refractivity contribution in [1.82, 2.24) is 0 Å². The molecule has 1 saturated carbocycles. The smallest absolute Gasteiger partial charge is 0.138 e. The molecule has 0 aromatic heterocycles. The van der Waals surface area contributed by atoms with Crippen molar-refractivity contribution in [3.8, 4) is 0 Å². The van der Waals surface area contributed by atoms with Gasteiger partial charge in [0, 0.05) is 11.8 Å². The van der Waals surface area contributed by atoms with Gasteiger partial charge in [-0.05, 0) is 84.7 Å². The summed E-state index contributed by atoms with van der Waals surface area (Å²) < 4.78 is 0. The fourth-order valence-electron chi connectivity index (χ4n) is 7.96. The average molecular weight is 427 g/mol. The third-order valence-electron chi connectivity index (χ3n) is 9.89. The van der Waals surface area contributed by atoms with Crippen LogP contribution < -0.4 is 0 Å². The monoisotopic (exact) mass is 426 g/mol. The Labute approximate surface area is 193 Å². The molecule has 0 N–H and O–H groups in total. The molecule has 1 fully saturated rings. The molecule has 0 saturated heterocycles. The Bertz CT molecular complexity index is 736. The Hall–Kier alpha value is -0.850. The van der Waals surface area contributed by atoms with E-state index in [1.807, 2.05) is 13.8 Å². The third kappa shape index (κ3) is 4.13. The van der Waals surface area contributed by atoms with Gasteiger partial charge < -0.3 is 0 Å². The van der Waals surface area contributed by atoms with Crippen LogP contribution in [0.5, 0.6) is 0 Å². The van der Waals surface area contributed by atoms with Gasteiger partial charge in [0.2, 0.25) is 0 Å². The number of ketones is 1. The molecule has 0 heterocycles. The molecule has 4 aliphatic carbocycles. The fourth-order valence-corrected chi connectivity index (χ4v) is 7.96. The normalized spacial score (nSPS) is 36.3. The number of hydrogen-bond acceptors (Lipinski definition) is 1. The molecule has 4 unspecified atom stereocenters. The van der Waals surface area contributed by atoms with E-state index in [4.69, 9.17) is 0 Å². The first-order valence-electron chi connectivity index (χ1n) is 13.6. The van der Waals surface area contributed by atoms with E-state index in [-0.39, 0.29) is 10.8 Å². The molecule has 1 heteroatoms. The van der Waals surface area contributed by atoms with E-state index >= 15 is 0 Å². The Morgan fingerprint density at radius 2 is 1.65 bits per heavy atom. The summed E-state index contributed by atoms with van der Waals surface area (Å²) >= 11 is 0. The molecular weight excluding hydrogens is 376 g/mol. The lowest BCUT2D eigenvalue weighted by Gasteiger charge is -2.57. The molecule has 0 bridgehead atoms. The molecule has 31 heavy (non-hydrogen) atoms. The lowest BCUT2D eigenvalue weighted by atomic mass is 9.47. The Morgan fingerprint density at radius 1 is 0.968 bits per heavy atom. The minimum atomic E-state index is -0.144. The number of carbonyl (C=O) groups is 1. The van der Waals surface area contributed by atoms with E-state index in [1.54, 1.807) is 16.7 Å².